The van der Waals surface area contributed by atoms with Crippen LogP contribution in [0.1, 0.15) is 85.0 Å². The first-order valence-electron chi connectivity index (χ1n) is 10.7. The smallest absolute Gasteiger partial charge is 0.408 e. The van der Waals surface area contributed by atoms with Crippen LogP contribution < -0.4 is 10.6 Å². The van der Waals surface area contributed by atoms with Gasteiger partial charge in [-0.2, -0.15) is 11.8 Å². The molecule has 7 heteroatoms. The van der Waals surface area contributed by atoms with Crippen molar-refractivity contribution in [2.45, 2.75) is 109 Å². The van der Waals surface area contributed by atoms with E-state index in [9.17, 15) is 9.59 Å². The molecular weight excluding hydrogens is 376 g/mol. The highest BCUT2D eigenvalue weighted by molar-refractivity contribution is 7.98. The second-order valence-corrected chi connectivity index (χ2v) is 9.74. The molecule has 1 atom stereocenters. The minimum atomic E-state index is -1.06. The zero-order chi connectivity index (χ0) is 21.0. The summed E-state index contributed by atoms with van der Waals surface area (Å²) >= 11 is 1.35. The molecule has 2 saturated carbocycles. The van der Waals surface area contributed by atoms with E-state index in [0.29, 0.717) is 5.75 Å². The van der Waals surface area contributed by atoms with Crippen LogP contribution in [0.5, 0.6) is 0 Å². The molecule has 0 unspecified atom stereocenters. The van der Waals surface area contributed by atoms with Gasteiger partial charge in [-0.05, 0) is 52.7 Å². The topological polar surface area (TPSA) is 87.7 Å². The molecule has 3 N–H and O–H groups in total. The van der Waals surface area contributed by atoms with Crippen LogP contribution in [0.2, 0.25) is 0 Å². The lowest BCUT2D eigenvalue weighted by atomic mass is 9.91. The maximum Gasteiger partial charge on any atom is 0.408 e. The van der Waals surface area contributed by atoms with Gasteiger partial charge in [0.05, 0.1) is 0 Å². The number of alkyl carbamates (subject to hydrolysis) is 1. The minimum absolute atomic E-state index is 0.314. The predicted octanol–water partition coefficient (Wildman–Crippen LogP) is 4.57. The molecule has 2 fully saturated rings. The number of nitrogens with one attached hydrogen (secondary N) is 2. The monoisotopic (exact) mass is 416 g/mol. The number of carbonyl (C=O) groups is 2. The van der Waals surface area contributed by atoms with E-state index in [1.54, 1.807) is 27.0 Å². The highest BCUT2D eigenvalue weighted by atomic mass is 32.2. The Morgan fingerprint density at radius 1 is 1.00 bits per heavy atom. The van der Waals surface area contributed by atoms with E-state index in [4.69, 9.17) is 9.84 Å². The molecule has 2 rings (SSSR count). The van der Waals surface area contributed by atoms with Crippen LogP contribution in [0.25, 0.3) is 0 Å². The van der Waals surface area contributed by atoms with Crippen molar-refractivity contribution in [2.75, 3.05) is 12.0 Å². The third kappa shape index (κ3) is 11.8. The molecule has 0 saturated heterocycles. The Labute approximate surface area is 174 Å². The average molecular weight is 417 g/mol. The number of hydrogen-bond acceptors (Lipinski definition) is 5. The van der Waals surface area contributed by atoms with Crippen molar-refractivity contribution in [1.82, 2.24) is 10.6 Å². The number of carboxylic acid groups (broad SMARTS) is 1. The van der Waals surface area contributed by atoms with Gasteiger partial charge >= 0.3 is 12.1 Å². The summed E-state index contributed by atoms with van der Waals surface area (Å²) in [5.74, 6) is -0.746. The molecule has 0 aromatic heterocycles. The number of aliphatic carboxylic acids is 1. The molecule has 1 amide bonds. The Morgan fingerprint density at radius 2 is 1.46 bits per heavy atom. The summed E-state index contributed by atoms with van der Waals surface area (Å²) < 4.78 is 4.94. The lowest BCUT2D eigenvalue weighted by Gasteiger charge is -2.30. The van der Waals surface area contributed by atoms with E-state index < -0.39 is 23.7 Å². The maximum atomic E-state index is 11.2. The lowest BCUT2D eigenvalue weighted by molar-refractivity contribution is -0.138. The van der Waals surface area contributed by atoms with E-state index in [2.05, 4.69) is 10.6 Å². The molecule has 2 aliphatic carbocycles. The number of thioether (sulfide) groups is 1. The Kier molecular flexibility index (Phi) is 11.9. The van der Waals surface area contributed by atoms with Gasteiger partial charge in [0.2, 0.25) is 0 Å². The average Bonchev–Trinajstić information content (AvgIpc) is 2.62. The molecule has 0 aromatic carbocycles. The molecular formula is C21H40N2O4S. The predicted molar refractivity (Wildman–Crippen MR) is 116 cm³/mol. The van der Waals surface area contributed by atoms with E-state index >= 15 is 0 Å². The molecule has 0 aliphatic heterocycles. The van der Waals surface area contributed by atoms with Crippen molar-refractivity contribution >= 4 is 23.8 Å². The molecule has 0 aromatic rings. The molecule has 6 nitrogen and oxygen atoms in total. The van der Waals surface area contributed by atoms with E-state index in [1.165, 1.54) is 76.0 Å². The van der Waals surface area contributed by atoms with Crippen LogP contribution in [0.3, 0.4) is 0 Å². The molecule has 0 spiro atoms. The third-order valence-electron chi connectivity index (χ3n) is 5.00. The van der Waals surface area contributed by atoms with Gasteiger partial charge in [0.15, 0.2) is 0 Å². The van der Waals surface area contributed by atoms with Crippen LogP contribution in [0.15, 0.2) is 0 Å². The first kappa shape index (κ1) is 25.1. The van der Waals surface area contributed by atoms with Gasteiger partial charge in [0.25, 0.3) is 0 Å². The van der Waals surface area contributed by atoms with Gasteiger partial charge in [0.1, 0.15) is 11.6 Å². The van der Waals surface area contributed by atoms with Crippen molar-refractivity contribution in [3.63, 3.8) is 0 Å². The number of ether oxygens (including phenoxy) is 1. The lowest BCUT2D eigenvalue weighted by Crippen LogP contribution is -2.44. The number of carboxylic acids is 1. The fourth-order valence-corrected chi connectivity index (χ4v) is 4.22. The fraction of sp³-hybridized carbons (Fsp3) is 0.905. The van der Waals surface area contributed by atoms with Crippen LogP contribution in [0, 0.1) is 0 Å². The highest BCUT2D eigenvalue weighted by Gasteiger charge is 2.23. The Balaban J connectivity index is 0.000000281. The van der Waals surface area contributed by atoms with Crippen molar-refractivity contribution < 1.29 is 19.4 Å². The van der Waals surface area contributed by atoms with Crippen LogP contribution in [-0.2, 0) is 9.53 Å². The Morgan fingerprint density at radius 3 is 1.82 bits per heavy atom. The summed E-state index contributed by atoms with van der Waals surface area (Å²) in [5, 5.41) is 14.9. The molecule has 2 aliphatic rings. The largest absolute Gasteiger partial charge is 0.480 e. The summed E-state index contributed by atoms with van der Waals surface area (Å²) in [5.41, 5.74) is -0.619. The number of carbonyl (C=O) groups excluding carboxylic acids is 1. The van der Waals surface area contributed by atoms with Gasteiger partial charge < -0.3 is 20.5 Å². The molecule has 0 heterocycles. The zero-order valence-electron chi connectivity index (χ0n) is 18.1. The summed E-state index contributed by atoms with van der Waals surface area (Å²) in [7, 11) is 0. The molecule has 28 heavy (non-hydrogen) atoms. The van der Waals surface area contributed by atoms with Crippen molar-refractivity contribution in [3.05, 3.63) is 0 Å². The van der Waals surface area contributed by atoms with E-state index in [1.807, 2.05) is 0 Å². The zero-order valence-corrected chi connectivity index (χ0v) is 18.9. The van der Waals surface area contributed by atoms with Crippen molar-refractivity contribution in [2.24, 2.45) is 0 Å². The van der Waals surface area contributed by atoms with Gasteiger partial charge in [-0.3, -0.25) is 0 Å². The summed E-state index contributed by atoms with van der Waals surface area (Å²) in [4.78, 5) is 21.9. The molecule has 0 bridgehead atoms. The van der Waals surface area contributed by atoms with Gasteiger partial charge in [0, 0.05) is 17.8 Å². The SMILES string of the molecule is C1CCC(NC2CCCCC2)CC1.CSC[C@H](NC(=O)OC(C)(C)C)C(=O)O. The normalized spacial score (nSPS) is 19.9. The number of rotatable bonds is 6. The first-order chi connectivity index (χ1) is 13.2. The van der Waals surface area contributed by atoms with E-state index in [-0.39, 0.29) is 0 Å². The molecule has 0 radical (unpaired) electrons. The quantitative estimate of drug-likeness (QED) is 0.588. The minimum Gasteiger partial charge on any atom is -0.480 e. The second-order valence-electron chi connectivity index (χ2n) is 8.83. The van der Waals surface area contributed by atoms with Crippen LogP contribution in [0.4, 0.5) is 4.79 Å². The first-order valence-corrected chi connectivity index (χ1v) is 12.1. The fourth-order valence-electron chi connectivity index (χ4n) is 3.66. The van der Waals surface area contributed by atoms with Gasteiger partial charge in [-0.1, -0.05) is 38.5 Å². The summed E-state index contributed by atoms with van der Waals surface area (Å²) in [6, 6.07) is 0.837. The second kappa shape index (κ2) is 13.3. The number of hydrogen-bond donors (Lipinski definition) is 3. The van der Waals surface area contributed by atoms with E-state index in [0.717, 1.165) is 12.1 Å². The number of amides is 1. The van der Waals surface area contributed by atoms with Gasteiger partial charge in [-0.25, -0.2) is 9.59 Å². The van der Waals surface area contributed by atoms with Crippen molar-refractivity contribution in [1.29, 1.82) is 0 Å². The highest BCUT2D eigenvalue weighted by Crippen LogP contribution is 2.22. The summed E-state index contributed by atoms with van der Waals surface area (Å²) in [6.07, 6.45) is 15.6. The Hall–Kier alpha value is -0.950. The van der Waals surface area contributed by atoms with Crippen molar-refractivity contribution in [3.8, 4) is 0 Å². The van der Waals surface area contributed by atoms with Gasteiger partial charge in [-0.15, -0.1) is 0 Å². The Bertz CT molecular complexity index is 440. The third-order valence-corrected chi connectivity index (χ3v) is 5.67. The maximum absolute atomic E-state index is 11.2. The van der Waals surface area contributed by atoms with Crippen LogP contribution >= 0.6 is 11.8 Å². The molecule has 164 valence electrons. The van der Waals surface area contributed by atoms with Crippen LogP contribution in [-0.4, -0.2) is 52.9 Å². The standard InChI is InChI=1S/C12H23N.C9H17NO4S/c1-3-7-11(8-4-1)13-12-9-5-2-6-10-12;1-9(2,3)14-8(13)10-6(5-15-4)7(11)12/h11-13H,1-10H2;6H,5H2,1-4H3,(H,10,13)(H,11,12)/t;6-/m.0/s1. The summed E-state index contributed by atoms with van der Waals surface area (Å²) in [6.45, 7) is 5.16.